The van der Waals surface area contributed by atoms with E-state index in [4.69, 9.17) is 0 Å². The normalized spacial score (nSPS) is 17.1. The van der Waals surface area contributed by atoms with Gasteiger partial charge in [-0.1, -0.05) is 29.8 Å². The summed E-state index contributed by atoms with van der Waals surface area (Å²) in [6.45, 7) is 9.83. The van der Waals surface area contributed by atoms with E-state index in [9.17, 15) is 13.2 Å². The lowest BCUT2D eigenvalue weighted by atomic mass is 10.1. The lowest BCUT2D eigenvalue weighted by molar-refractivity contribution is -0.917. The third kappa shape index (κ3) is 4.86. The number of rotatable bonds is 5. The van der Waals surface area contributed by atoms with Crippen molar-refractivity contribution in [3.63, 3.8) is 0 Å². The predicted octanol–water partition coefficient (Wildman–Crippen LogP) is 1.53. The van der Waals surface area contributed by atoms with Crippen molar-refractivity contribution in [2.45, 2.75) is 38.6 Å². The van der Waals surface area contributed by atoms with Crippen molar-refractivity contribution in [2.75, 3.05) is 31.5 Å². The minimum Gasteiger partial charge on any atom is -0.323 e. The molecule has 1 amide bonds. The van der Waals surface area contributed by atoms with E-state index >= 15 is 0 Å². The molecule has 1 atom stereocenters. The third-order valence-electron chi connectivity index (χ3n) is 5.68. The van der Waals surface area contributed by atoms with E-state index in [2.05, 4.69) is 5.32 Å². The van der Waals surface area contributed by atoms with Crippen molar-refractivity contribution in [1.29, 1.82) is 0 Å². The number of nitrogens with one attached hydrogen (secondary N) is 2. The number of hydrogen-bond donors (Lipinski definition) is 2. The van der Waals surface area contributed by atoms with Crippen molar-refractivity contribution >= 4 is 21.6 Å². The second-order valence-electron chi connectivity index (χ2n) is 7.90. The highest BCUT2D eigenvalue weighted by Crippen LogP contribution is 2.17. The van der Waals surface area contributed by atoms with Gasteiger partial charge >= 0.3 is 0 Å². The zero-order valence-corrected chi connectivity index (χ0v) is 18.3. The van der Waals surface area contributed by atoms with Gasteiger partial charge in [-0.15, -0.1) is 0 Å². The van der Waals surface area contributed by atoms with E-state index in [1.54, 1.807) is 12.1 Å². The first-order valence-electron chi connectivity index (χ1n) is 9.98. The maximum absolute atomic E-state index is 12.9. The second kappa shape index (κ2) is 8.65. The highest BCUT2D eigenvalue weighted by Gasteiger charge is 2.34. The van der Waals surface area contributed by atoms with E-state index in [0.29, 0.717) is 31.1 Å². The van der Waals surface area contributed by atoms with Crippen molar-refractivity contribution in [1.82, 2.24) is 4.31 Å². The molecule has 0 aliphatic carbocycles. The quantitative estimate of drug-likeness (QED) is 0.777. The maximum atomic E-state index is 12.9. The minimum atomic E-state index is -3.49. The molecule has 0 spiro atoms. The molecule has 3 rings (SSSR count). The number of benzene rings is 2. The summed E-state index contributed by atoms with van der Waals surface area (Å²) in [7, 11) is -3.49. The monoisotopic (exact) mass is 416 g/mol. The van der Waals surface area contributed by atoms with Crippen LogP contribution >= 0.6 is 0 Å². The average molecular weight is 417 g/mol. The number of sulfonamides is 1. The molecule has 6 nitrogen and oxygen atoms in total. The predicted molar refractivity (Wildman–Crippen MR) is 115 cm³/mol. The maximum Gasteiger partial charge on any atom is 0.282 e. The van der Waals surface area contributed by atoms with Gasteiger partial charge in [0.05, 0.1) is 31.1 Å². The second-order valence-corrected chi connectivity index (χ2v) is 9.84. The molecule has 7 heteroatoms. The Hall–Kier alpha value is -2.22. The molecule has 2 aromatic carbocycles. The van der Waals surface area contributed by atoms with Gasteiger partial charge in [-0.25, -0.2) is 8.42 Å². The van der Waals surface area contributed by atoms with Crippen LogP contribution in [0.3, 0.4) is 0 Å². The SMILES string of the molecule is Cc1ccc(S(=O)(=O)N2CC[NH+]([C@H](C)C(=O)Nc3cc(C)ccc3C)CC2)cc1. The Morgan fingerprint density at radius 2 is 1.59 bits per heavy atom. The summed E-state index contributed by atoms with van der Waals surface area (Å²) in [4.78, 5) is 14.2. The Morgan fingerprint density at radius 3 is 2.21 bits per heavy atom. The standard InChI is InChI=1S/C22H29N3O3S/c1-16-6-9-20(10-7-16)29(27,28)25-13-11-24(12-14-25)19(4)22(26)23-21-15-17(2)5-8-18(21)3/h5-10,15,19H,11-14H2,1-4H3,(H,23,26)/p+1/t19-/m1/s1. The summed E-state index contributed by atoms with van der Waals surface area (Å²) < 4.78 is 27.2. The van der Waals surface area contributed by atoms with Crippen LogP contribution in [-0.4, -0.2) is 50.9 Å². The molecule has 0 saturated carbocycles. The van der Waals surface area contributed by atoms with Crippen LogP contribution < -0.4 is 10.2 Å². The van der Waals surface area contributed by atoms with E-state index in [1.807, 2.05) is 58.0 Å². The van der Waals surface area contributed by atoms with Crippen LogP contribution in [0.4, 0.5) is 5.69 Å². The molecule has 1 fully saturated rings. The lowest BCUT2D eigenvalue weighted by Gasteiger charge is -2.34. The van der Waals surface area contributed by atoms with E-state index in [0.717, 1.165) is 27.3 Å². The first-order chi connectivity index (χ1) is 13.7. The fourth-order valence-corrected chi connectivity index (χ4v) is 5.04. The smallest absolute Gasteiger partial charge is 0.282 e. The molecular formula is C22H30N3O3S+. The zero-order chi connectivity index (χ0) is 21.2. The fourth-order valence-electron chi connectivity index (χ4n) is 3.60. The van der Waals surface area contributed by atoms with Crippen LogP contribution in [0.2, 0.25) is 0 Å². The molecule has 0 aromatic heterocycles. The van der Waals surface area contributed by atoms with Gasteiger partial charge in [-0.2, -0.15) is 4.31 Å². The van der Waals surface area contributed by atoms with Crippen molar-refractivity contribution in [3.05, 3.63) is 59.2 Å². The van der Waals surface area contributed by atoms with Crippen LogP contribution in [-0.2, 0) is 14.8 Å². The molecule has 156 valence electrons. The van der Waals surface area contributed by atoms with Crippen molar-refractivity contribution in [2.24, 2.45) is 0 Å². The van der Waals surface area contributed by atoms with Gasteiger partial charge in [0, 0.05) is 5.69 Å². The van der Waals surface area contributed by atoms with E-state index in [-0.39, 0.29) is 11.9 Å². The number of aryl methyl sites for hydroxylation is 3. The summed E-state index contributed by atoms with van der Waals surface area (Å²) in [6, 6.07) is 12.7. The highest BCUT2D eigenvalue weighted by atomic mass is 32.2. The minimum absolute atomic E-state index is 0.0384. The van der Waals surface area contributed by atoms with E-state index in [1.165, 1.54) is 4.31 Å². The van der Waals surface area contributed by atoms with Crippen molar-refractivity contribution in [3.8, 4) is 0 Å². The summed E-state index contributed by atoms with van der Waals surface area (Å²) >= 11 is 0. The molecule has 0 radical (unpaired) electrons. The Kier molecular flexibility index (Phi) is 6.41. The Bertz CT molecular complexity index is 979. The Balaban J connectivity index is 1.61. The molecule has 1 saturated heterocycles. The van der Waals surface area contributed by atoms with Gasteiger partial charge in [0.1, 0.15) is 0 Å². The summed E-state index contributed by atoms with van der Waals surface area (Å²) in [6.07, 6.45) is 0. The van der Waals surface area contributed by atoms with Crippen LogP contribution in [0.5, 0.6) is 0 Å². The molecule has 1 aliphatic heterocycles. The van der Waals surface area contributed by atoms with Crippen molar-refractivity contribution < 1.29 is 18.1 Å². The number of carbonyl (C=O) groups excluding carboxylic acids is 1. The molecule has 1 aliphatic rings. The number of carbonyl (C=O) groups is 1. The molecule has 0 unspecified atom stereocenters. The summed E-state index contributed by atoms with van der Waals surface area (Å²) in [5.41, 5.74) is 3.99. The largest absolute Gasteiger partial charge is 0.323 e. The lowest BCUT2D eigenvalue weighted by Crippen LogP contribution is -3.19. The van der Waals surface area contributed by atoms with Crippen LogP contribution in [0.1, 0.15) is 23.6 Å². The van der Waals surface area contributed by atoms with Gasteiger partial charge in [-0.05, 0) is 57.0 Å². The highest BCUT2D eigenvalue weighted by molar-refractivity contribution is 7.89. The van der Waals surface area contributed by atoms with Crippen LogP contribution in [0, 0.1) is 20.8 Å². The number of hydrogen-bond acceptors (Lipinski definition) is 3. The Morgan fingerprint density at radius 1 is 1.00 bits per heavy atom. The molecule has 0 bridgehead atoms. The number of piperazine rings is 1. The van der Waals surface area contributed by atoms with Gasteiger partial charge in [0.25, 0.3) is 5.91 Å². The van der Waals surface area contributed by atoms with E-state index < -0.39 is 10.0 Å². The van der Waals surface area contributed by atoms with Gasteiger partial charge < -0.3 is 10.2 Å². The average Bonchev–Trinajstić information content (AvgIpc) is 2.70. The molecule has 29 heavy (non-hydrogen) atoms. The van der Waals surface area contributed by atoms with Crippen LogP contribution in [0.15, 0.2) is 47.4 Å². The number of amides is 1. The van der Waals surface area contributed by atoms with Gasteiger partial charge in [-0.3, -0.25) is 4.79 Å². The van der Waals surface area contributed by atoms with Crippen LogP contribution in [0.25, 0.3) is 0 Å². The first-order valence-corrected chi connectivity index (χ1v) is 11.4. The number of anilines is 1. The summed E-state index contributed by atoms with van der Waals surface area (Å²) in [5.74, 6) is -0.0384. The number of quaternary nitrogens is 1. The molecular weight excluding hydrogens is 386 g/mol. The zero-order valence-electron chi connectivity index (χ0n) is 17.5. The number of nitrogens with zero attached hydrogens (tertiary/aromatic N) is 1. The first kappa shape index (κ1) is 21.5. The third-order valence-corrected chi connectivity index (χ3v) is 7.59. The molecule has 2 aromatic rings. The van der Waals surface area contributed by atoms with Gasteiger partial charge in [0.2, 0.25) is 10.0 Å². The van der Waals surface area contributed by atoms with Gasteiger partial charge in [0.15, 0.2) is 6.04 Å². The summed E-state index contributed by atoms with van der Waals surface area (Å²) in [5, 5.41) is 3.03. The molecule has 2 N–H and O–H groups in total. The molecule has 1 heterocycles. The fraction of sp³-hybridized carbons (Fsp3) is 0.409. The Labute approximate surface area is 173 Å². The topological polar surface area (TPSA) is 70.9 Å².